The highest BCUT2D eigenvalue weighted by molar-refractivity contribution is 7.85. The number of halogens is 3. The number of rotatable bonds is 5. The van der Waals surface area contributed by atoms with E-state index in [9.17, 15) is 17.4 Å². The van der Waals surface area contributed by atoms with E-state index in [1.165, 1.54) is 0 Å². The highest BCUT2D eigenvalue weighted by Crippen LogP contribution is 2.26. The van der Waals surface area contributed by atoms with Crippen molar-refractivity contribution in [1.82, 2.24) is 10.2 Å². The Morgan fingerprint density at radius 2 is 2.25 bits per heavy atom. The maximum Gasteiger partial charge on any atom is 0.477 e. The highest BCUT2D eigenvalue weighted by Gasteiger charge is 2.39. The van der Waals surface area contributed by atoms with Gasteiger partial charge in [-0.2, -0.15) is 13.2 Å². The molecule has 0 aliphatic carbocycles. The molecule has 1 aromatic heterocycles. The minimum Gasteiger partial charge on any atom is -0.477 e. The molecule has 1 rings (SSSR count). The van der Waals surface area contributed by atoms with E-state index in [2.05, 4.69) is 5.10 Å². The predicted octanol–water partition coefficient (Wildman–Crippen LogP) is 2.22. The van der Waals surface area contributed by atoms with Crippen molar-refractivity contribution in [2.24, 2.45) is 0 Å². The second-order valence-corrected chi connectivity index (χ2v) is 4.43. The summed E-state index contributed by atoms with van der Waals surface area (Å²) in [7, 11) is -3.09. The fourth-order valence-electron chi connectivity index (χ4n) is 0.902. The van der Waals surface area contributed by atoms with Gasteiger partial charge in [-0.1, -0.05) is 13.3 Å². The van der Waals surface area contributed by atoms with Gasteiger partial charge >= 0.3 is 5.51 Å². The summed E-state index contributed by atoms with van der Waals surface area (Å²) in [5.41, 5.74) is -4.78. The smallest absolute Gasteiger partial charge is 0.477 e. The van der Waals surface area contributed by atoms with Crippen LogP contribution in [0.15, 0.2) is 11.1 Å². The number of aromatic amines is 1. The van der Waals surface area contributed by atoms with E-state index in [-0.39, 0.29) is 5.88 Å². The third-order valence-electron chi connectivity index (χ3n) is 1.69. The first-order valence-corrected chi connectivity index (χ1v) is 5.77. The topological polar surface area (TPSA) is 55.0 Å². The molecule has 1 N–H and O–H groups in total. The van der Waals surface area contributed by atoms with Gasteiger partial charge in [0.15, 0.2) is 10.8 Å². The van der Waals surface area contributed by atoms with E-state index in [0.29, 0.717) is 6.61 Å². The normalized spacial score (nSPS) is 13.8. The maximum absolute atomic E-state index is 12.1. The summed E-state index contributed by atoms with van der Waals surface area (Å²) < 4.78 is 52.1. The molecule has 4 nitrogen and oxygen atoms in total. The first kappa shape index (κ1) is 13.0. The Bertz CT molecular complexity index is 364. The molecule has 8 heteroatoms. The molecule has 1 heterocycles. The van der Waals surface area contributed by atoms with Crippen LogP contribution in [-0.4, -0.2) is 26.5 Å². The molecule has 92 valence electrons. The Labute approximate surface area is 92.6 Å². The van der Waals surface area contributed by atoms with Crippen molar-refractivity contribution in [1.29, 1.82) is 0 Å². The zero-order valence-electron chi connectivity index (χ0n) is 8.50. The van der Waals surface area contributed by atoms with Gasteiger partial charge in [-0.05, 0) is 6.42 Å². The number of hydrogen-bond donors (Lipinski definition) is 1. The molecule has 0 fully saturated rings. The van der Waals surface area contributed by atoms with Crippen molar-refractivity contribution in [2.45, 2.75) is 30.3 Å². The molecule has 0 aliphatic heterocycles. The number of ether oxygens (including phenoxy) is 1. The van der Waals surface area contributed by atoms with Crippen LogP contribution in [0.5, 0.6) is 5.88 Å². The molecule has 0 aliphatic rings. The van der Waals surface area contributed by atoms with Gasteiger partial charge in [-0.25, -0.2) is 4.21 Å². The van der Waals surface area contributed by atoms with Crippen LogP contribution < -0.4 is 4.74 Å². The summed E-state index contributed by atoms with van der Waals surface area (Å²) in [6, 6.07) is 0.999. The van der Waals surface area contributed by atoms with Crippen LogP contribution in [0.4, 0.5) is 13.2 Å². The number of aromatic nitrogens is 2. The van der Waals surface area contributed by atoms with Crippen molar-refractivity contribution < 1.29 is 22.1 Å². The fraction of sp³-hybridized carbons (Fsp3) is 0.625. The summed E-state index contributed by atoms with van der Waals surface area (Å²) in [6.45, 7) is 2.33. The highest BCUT2D eigenvalue weighted by atomic mass is 32.2. The molecule has 0 saturated carbocycles. The van der Waals surface area contributed by atoms with Gasteiger partial charge in [0.25, 0.3) is 0 Å². The molecule has 0 saturated heterocycles. The molecule has 0 aromatic carbocycles. The Kier molecular flexibility index (Phi) is 4.34. The first-order chi connectivity index (χ1) is 7.45. The largest absolute Gasteiger partial charge is 0.477 e. The molecule has 0 spiro atoms. The minimum absolute atomic E-state index is 0.0288. The Balaban J connectivity index is 2.61. The lowest BCUT2D eigenvalue weighted by Gasteiger charge is -2.02. The van der Waals surface area contributed by atoms with Gasteiger partial charge in [-0.3, -0.25) is 5.10 Å². The molecule has 1 unspecified atom stereocenters. The van der Waals surface area contributed by atoms with Crippen LogP contribution >= 0.6 is 0 Å². The number of H-pyrrole nitrogens is 1. The standard InChI is InChI=1S/C8H11F3N2O2S/c1-2-3-4-15-6-5-7(13-12-6)16(14)8(9,10)11/h5H,2-4H2,1H3,(H,12,13). The number of nitrogens with one attached hydrogen (secondary N) is 1. The fourth-order valence-corrected chi connectivity index (χ4v) is 1.49. The van der Waals surface area contributed by atoms with Gasteiger partial charge < -0.3 is 4.74 Å². The number of hydrogen-bond acceptors (Lipinski definition) is 3. The van der Waals surface area contributed by atoms with E-state index in [1.807, 2.05) is 12.0 Å². The second kappa shape index (κ2) is 5.33. The molecular formula is C8H11F3N2O2S. The molecule has 0 radical (unpaired) electrons. The van der Waals surface area contributed by atoms with Crippen molar-refractivity contribution in [3.05, 3.63) is 6.07 Å². The molecule has 0 amide bonds. The summed E-state index contributed by atoms with van der Waals surface area (Å²) in [5, 5.41) is 5.03. The molecule has 0 bridgehead atoms. The van der Waals surface area contributed by atoms with Crippen LogP contribution in [0.25, 0.3) is 0 Å². The van der Waals surface area contributed by atoms with Gasteiger partial charge in [-0.15, -0.1) is 5.10 Å². The average molecular weight is 256 g/mol. The third-order valence-corrected chi connectivity index (χ3v) is 2.72. The quantitative estimate of drug-likeness (QED) is 0.822. The maximum atomic E-state index is 12.1. The number of nitrogens with zero attached hydrogens (tertiary/aromatic N) is 1. The Hall–Kier alpha value is -1.05. The summed E-state index contributed by atoms with van der Waals surface area (Å²) in [5.74, 6) is 0.0288. The third kappa shape index (κ3) is 3.51. The van der Waals surface area contributed by atoms with E-state index in [4.69, 9.17) is 4.74 Å². The monoisotopic (exact) mass is 256 g/mol. The minimum atomic E-state index is -4.78. The zero-order chi connectivity index (χ0) is 12.2. The van der Waals surface area contributed by atoms with E-state index in [1.54, 1.807) is 0 Å². The first-order valence-electron chi connectivity index (χ1n) is 4.62. The van der Waals surface area contributed by atoms with Crippen LogP contribution in [0, 0.1) is 0 Å². The van der Waals surface area contributed by atoms with Gasteiger partial charge in [0, 0.05) is 6.07 Å². The lowest BCUT2D eigenvalue weighted by Crippen LogP contribution is -2.16. The van der Waals surface area contributed by atoms with Crippen molar-refractivity contribution >= 4 is 10.8 Å². The van der Waals surface area contributed by atoms with Crippen LogP contribution in [0.1, 0.15) is 19.8 Å². The van der Waals surface area contributed by atoms with Crippen molar-refractivity contribution in [3.8, 4) is 5.88 Å². The molecule has 1 aromatic rings. The number of alkyl halides is 3. The molecular weight excluding hydrogens is 245 g/mol. The summed E-state index contributed by atoms with van der Waals surface area (Å²) >= 11 is 0. The van der Waals surface area contributed by atoms with Crippen molar-refractivity contribution in [2.75, 3.05) is 6.61 Å². The lowest BCUT2D eigenvalue weighted by molar-refractivity contribution is -0.0386. The second-order valence-electron chi connectivity index (χ2n) is 2.99. The van der Waals surface area contributed by atoms with Gasteiger partial charge in [0.1, 0.15) is 5.03 Å². The van der Waals surface area contributed by atoms with E-state index >= 15 is 0 Å². The molecule has 1 atom stereocenters. The Morgan fingerprint density at radius 3 is 2.81 bits per heavy atom. The van der Waals surface area contributed by atoms with Crippen LogP contribution in [0.2, 0.25) is 0 Å². The van der Waals surface area contributed by atoms with Crippen molar-refractivity contribution in [3.63, 3.8) is 0 Å². The number of unbranched alkanes of at least 4 members (excludes halogenated alkanes) is 1. The summed E-state index contributed by atoms with van der Waals surface area (Å²) in [4.78, 5) is 0. The Morgan fingerprint density at radius 1 is 1.56 bits per heavy atom. The van der Waals surface area contributed by atoms with E-state index in [0.717, 1.165) is 18.9 Å². The van der Waals surface area contributed by atoms with Crippen LogP contribution in [-0.2, 0) is 10.8 Å². The molecule has 16 heavy (non-hydrogen) atoms. The van der Waals surface area contributed by atoms with E-state index < -0.39 is 21.3 Å². The zero-order valence-corrected chi connectivity index (χ0v) is 9.32. The summed E-state index contributed by atoms with van der Waals surface area (Å²) in [6.07, 6.45) is 1.69. The lowest BCUT2D eigenvalue weighted by atomic mass is 10.4. The predicted molar refractivity (Wildman–Crippen MR) is 51.5 cm³/mol. The SMILES string of the molecule is CCCCOc1cc(S(=O)C(F)(F)F)[nH]n1. The average Bonchev–Trinajstić information content (AvgIpc) is 2.64. The van der Waals surface area contributed by atoms with Crippen LogP contribution in [0.3, 0.4) is 0 Å². The van der Waals surface area contributed by atoms with Gasteiger partial charge in [0.05, 0.1) is 6.61 Å². The van der Waals surface area contributed by atoms with Gasteiger partial charge in [0.2, 0.25) is 5.88 Å².